The molecule has 0 amide bonds. The number of aliphatic hydroxyl groups excluding tert-OH is 1. The third-order valence-electron chi connectivity index (χ3n) is 0.716. The Morgan fingerprint density at radius 2 is 1.71 bits per heavy atom. The molecule has 0 bridgehead atoms. The highest BCUT2D eigenvalue weighted by molar-refractivity contribution is 7.57. The maximum atomic E-state index is 8.39. The number of rotatable bonds is 3. The summed E-state index contributed by atoms with van der Waals surface area (Å²) in [6.07, 6.45) is 1.26. The van der Waals surface area contributed by atoms with E-state index in [1.54, 1.807) is 0 Å². The maximum Gasteiger partial charge on any atom is 0.0648 e. The van der Waals surface area contributed by atoms with Crippen LogP contribution < -0.4 is 11.5 Å². The van der Waals surface area contributed by atoms with Crippen LogP contribution in [0.5, 0.6) is 0 Å². The largest absolute Gasteiger partial charge is 0.392 e. The van der Waals surface area contributed by atoms with Gasteiger partial charge in [0.2, 0.25) is 0 Å². The van der Waals surface area contributed by atoms with Crippen LogP contribution in [0.2, 0.25) is 0 Å². The van der Waals surface area contributed by atoms with Crippen LogP contribution >= 0.6 is 7.92 Å². The predicted molar refractivity (Wildman–Crippen MR) is 32.1 cm³/mol. The predicted octanol–water partition coefficient (Wildman–Crippen LogP) is -0.750. The fourth-order valence-electron chi connectivity index (χ4n) is 0.190. The van der Waals surface area contributed by atoms with Crippen molar-refractivity contribution in [1.29, 1.82) is 0 Å². The Morgan fingerprint density at radius 1 is 1.29 bits per heavy atom. The molecule has 0 aliphatic carbocycles. The summed E-state index contributed by atoms with van der Waals surface area (Å²) in [7, 11) is -0.443. The van der Waals surface area contributed by atoms with Gasteiger partial charge in [-0.15, -0.1) is 0 Å². The lowest BCUT2D eigenvalue weighted by Gasteiger charge is -2.05. The molecule has 5 N–H and O–H groups in total. The average Bonchev–Trinajstić information content (AvgIpc) is 1.72. The summed E-state index contributed by atoms with van der Waals surface area (Å²) >= 11 is 0. The van der Waals surface area contributed by atoms with Gasteiger partial charge in [0.25, 0.3) is 0 Å². The van der Waals surface area contributed by atoms with Crippen LogP contribution in [0.4, 0.5) is 0 Å². The Kier molecular flexibility index (Phi) is 4.67. The van der Waals surface area contributed by atoms with Crippen LogP contribution in [0.1, 0.15) is 0 Å². The molecule has 0 saturated heterocycles. The Hall–Kier alpha value is 0.310. The highest BCUT2D eigenvalue weighted by Gasteiger charge is 1.96. The molecule has 0 saturated carbocycles. The van der Waals surface area contributed by atoms with E-state index in [1.807, 2.05) is 0 Å². The topological polar surface area (TPSA) is 72.3 Å². The first-order valence-electron chi connectivity index (χ1n) is 2.08. The van der Waals surface area contributed by atoms with Crippen LogP contribution in [-0.2, 0) is 0 Å². The molecule has 0 aromatic rings. The zero-order chi connectivity index (χ0) is 5.70. The lowest BCUT2D eigenvalue weighted by atomic mass is 11.5. The van der Waals surface area contributed by atoms with E-state index in [9.17, 15) is 0 Å². The van der Waals surface area contributed by atoms with Crippen molar-refractivity contribution >= 4 is 7.92 Å². The summed E-state index contributed by atoms with van der Waals surface area (Å²) in [6.45, 7) is 0. The zero-order valence-electron chi connectivity index (χ0n) is 4.17. The molecule has 7 heavy (non-hydrogen) atoms. The second kappa shape index (κ2) is 4.47. The summed E-state index contributed by atoms with van der Waals surface area (Å²) in [5.41, 5.74) is 10.4. The number of nitrogens with two attached hydrogens (primary N) is 2. The second-order valence-corrected chi connectivity index (χ2v) is 3.53. The fourth-order valence-corrected chi connectivity index (χ4v) is 0.570. The van der Waals surface area contributed by atoms with Crippen molar-refractivity contribution in [3.8, 4) is 0 Å². The molecule has 0 rings (SSSR count). The Labute approximate surface area is 44.4 Å². The molecular formula is C3H11N2OP. The highest BCUT2D eigenvalue weighted by Crippen LogP contribution is 2.27. The van der Waals surface area contributed by atoms with E-state index in [4.69, 9.17) is 16.6 Å². The average molecular weight is 122 g/mol. The number of hydrogen-bond acceptors (Lipinski definition) is 3. The van der Waals surface area contributed by atoms with Crippen molar-refractivity contribution in [3.63, 3.8) is 0 Å². The lowest BCUT2D eigenvalue weighted by molar-refractivity contribution is 0.370. The number of aliphatic hydroxyl groups is 1. The maximum absolute atomic E-state index is 8.39. The van der Waals surface area contributed by atoms with Crippen LogP contribution in [0.3, 0.4) is 0 Å². The molecule has 0 unspecified atom stereocenters. The van der Waals surface area contributed by atoms with E-state index in [2.05, 4.69) is 0 Å². The van der Waals surface area contributed by atoms with Crippen molar-refractivity contribution in [2.45, 2.75) is 0 Å². The van der Waals surface area contributed by atoms with E-state index in [0.29, 0.717) is 12.6 Å². The molecule has 3 nitrogen and oxygen atoms in total. The van der Waals surface area contributed by atoms with Gasteiger partial charge in [0, 0.05) is 12.6 Å². The van der Waals surface area contributed by atoms with Gasteiger partial charge in [0.15, 0.2) is 0 Å². The first-order chi connectivity index (χ1) is 3.35. The minimum atomic E-state index is -0.443. The summed E-state index contributed by atoms with van der Waals surface area (Å²) in [5, 5.41) is 8.39. The van der Waals surface area contributed by atoms with Gasteiger partial charge < -0.3 is 16.6 Å². The molecule has 0 aromatic heterocycles. The van der Waals surface area contributed by atoms with Gasteiger partial charge in [-0.05, 0) is 0 Å². The van der Waals surface area contributed by atoms with E-state index in [1.165, 1.54) is 0 Å². The smallest absolute Gasteiger partial charge is 0.0648 e. The lowest BCUT2D eigenvalue weighted by Crippen LogP contribution is -2.07. The minimum Gasteiger partial charge on any atom is -0.392 e. The summed E-state index contributed by atoms with van der Waals surface area (Å²) in [4.78, 5) is 0. The standard InChI is InChI=1S/C3H11N2OP/c4-1-7(2-5)3-6/h6H,1-5H2. The SMILES string of the molecule is NCP(CN)CO. The Bertz CT molecular complexity index is 34.4. The van der Waals surface area contributed by atoms with E-state index < -0.39 is 7.92 Å². The van der Waals surface area contributed by atoms with Gasteiger partial charge in [0.1, 0.15) is 0 Å². The highest BCUT2D eigenvalue weighted by atomic mass is 31.1. The van der Waals surface area contributed by atoms with Crippen molar-refractivity contribution in [2.24, 2.45) is 11.5 Å². The van der Waals surface area contributed by atoms with Gasteiger partial charge in [0.05, 0.1) is 6.35 Å². The molecule has 4 heteroatoms. The first kappa shape index (κ1) is 7.31. The van der Waals surface area contributed by atoms with Crippen molar-refractivity contribution in [3.05, 3.63) is 0 Å². The molecule has 0 spiro atoms. The molecular weight excluding hydrogens is 111 g/mol. The third-order valence-corrected chi connectivity index (χ3v) is 2.15. The first-order valence-corrected chi connectivity index (χ1v) is 3.98. The van der Waals surface area contributed by atoms with Gasteiger partial charge in [-0.1, -0.05) is 7.92 Å². The van der Waals surface area contributed by atoms with Gasteiger partial charge in [-0.2, -0.15) is 0 Å². The Morgan fingerprint density at radius 3 is 1.71 bits per heavy atom. The molecule has 0 atom stereocenters. The molecule has 0 aliphatic rings. The Balaban J connectivity index is 2.99. The monoisotopic (exact) mass is 122 g/mol. The molecule has 0 aromatic carbocycles. The van der Waals surface area contributed by atoms with E-state index in [-0.39, 0.29) is 6.35 Å². The second-order valence-electron chi connectivity index (χ2n) is 1.18. The zero-order valence-corrected chi connectivity index (χ0v) is 5.06. The van der Waals surface area contributed by atoms with E-state index >= 15 is 0 Å². The fraction of sp³-hybridized carbons (Fsp3) is 1.00. The third kappa shape index (κ3) is 2.94. The van der Waals surface area contributed by atoms with Crippen molar-refractivity contribution in [2.75, 3.05) is 18.9 Å². The van der Waals surface area contributed by atoms with Crippen LogP contribution in [0.25, 0.3) is 0 Å². The molecule has 0 radical (unpaired) electrons. The van der Waals surface area contributed by atoms with Crippen LogP contribution in [0.15, 0.2) is 0 Å². The normalized spacial score (nSPS) is 10.3. The summed E-state index contributed by atoms with van der Waals surface area (Å²) < 4.78 is 0. The quantitative estimate of drug-likeness (QED) is 0.431. The van der Waals surface area contributed by atoms with Crippen molar-refractivity contribution in [1.82, 2.24) is 0 Å². The van der Waals surface area contributed by atoms with Gasteiger partial charge >= 0.3 is 0 Å². The molecule has 0 aliphatic heterocycles. The number of hydrogen-bond donors (Lipinski definition) is 3. The summed E-state index contributed by atoms with van der Waals surface area (Å²) in [5.74, 6) is 0. The molecule has 44 valence electrons. The van der Waals surface area contributed by atoms with E-state index in [0.717, 1.165) is 0 Å². The minimum absolute atomic E-state index is 0.169. The molecule has 0 fully saturated rings. The summed E-state index contributed by atoms with van der Waals surface area (Å²) in [6, 6.07) is 0. The van der Waals surface area contributed by atoms with Gasteiger partial charge in [-0.25, -0.2) is 0 Å². The molecule has 0 heterocycles. The van der Waals surface area contributed by atoms with Crippen molar-refractivity contribution < 1.29 is 5.11 Å². The van der Waals surface area contributed by atoms with Crippen LogP contribution in [-0.4, -0.2) is 24.0 Å². The van der Waals surface area contributed by atoms with Crippen LogP contribution in [0, 0.1) is 0 Å². The van der Waals surface area contributed by atoms with Gasteiger partial charge in [-0.3, -0.25) is 0 Å².